The third kappa shape index (κ3) is 3.31. The fraction of sp³-hybridized carbons (Fsp3) is 0.316. The van der Waals surface area contributed by atoms with Crippen LogP contribution in [0.4, 0.5) is 5.69 Å². The number of hydrogen-bond donors (Lipinski definition) is 1. The van der Waals surface area contributed by atoms with Crippen molar-refractivity contribution in [2.45, 2.75) is 13.3 Å². The fourth-order valence-corrected chi connectivity index (χ4v) is 2.95. The van der Waals surface area contributed by atoms with Crippen LogP contribution in [0.15, 0.2) is 48.5 Å². The fourth-order valence-electron chi connectivity index (χ4n) is 2.95. The number of amides is 1. The van der Waals surface area contributed by atoms with Gasteiger partial charge in [-0.15, -0.1) is 0 Å². The van der Waals surface area contributed by atoms with Crippen LogP contribution in [0.25, 0.3) is 0 Å². The van der Waals surface area contributed by atoms with E-state index < -0.39 is 0 Å². The second-order valence-electron chi connectivity index (χ2n) is 5.82. The summed E-state index contributed by atoms with van der Waals surface area (Å²) in [5.41, 5.74) is 2.83. The number of para-hydroxylation sites is 2. The van der Waals surface area contributed by atoms with Gasteiger partial charge in [-0.05, 0) is 36.2 Å². The number of phenolic OH excluding ortho intramolecular Hbond substituents is 1. The van der Waals surface area contributed by atoms with Crippen molar-refractivity contribution in [2.75, 3.05) is 31.1 Å². The first-order valence-corrected chi connectivity index (χ1v) is 8.10. The molecule has 1 N–H and O–H groups in total. The second-order valence-corrected chi connectivity index (χ2v) is 5.82. The average molecular weight is 310 g/mol. The molecule has 0 unspecified atom stereocenters. The number of anilines is 1. The number of hydrogen-bond acceptors (Lipinski definition) is 3. The molecule has 1 aliphatic heterocycles. The highest BCUT2D eigenvalue weighted by Crippen LogP contribution is 2.27. The van der Waals surface area contributed by atoms with Gasteiger partial charge in [0.15, 0.2) is 0 Å². The van der Waals surface area contributed by atoms with Gasteiger partial charge in [0.2, 0.25) is 0 Å². The van der Waals surface area contributed by atoms with Gasteiger partial charge in [-0.25, -0.2) is 0 Å². The van der Waals surface area contributed by atoms with E-state index in [1.54, 1.807) is 6.07 Å². The number of piperazine rings is 1. The topological polar surface area (TPSA) is 43.8 Å². The van der Waals surface area contributed by atoms with E-state index in [1.807, 2.05) is 47.4 Å². The van der Waals surface area contributed by atoms with E-state index >= 15 is 0 Å². The predicted octanol–water partition coefficient (Wildman–Crippen LogP) is 2.92. The number of aryl methyl sites for hydroxylation is 1. The monoisotopic (exact) mass is 310 g/mol. The molecule has 1 saturated heterocycles. The lowest BCUT2D eigenvalue weighted by molar-refractivity contribution is 0.0746. The molecule has 0 aliphatic carbocycles. The standard InChI is InChI=1S/C19H22N2O2/c1-2-15-7-9-16(10-8-15)19(23)21-13-11-20(12-14-21)17-5-3-4-6-18(17)22/h3-10,22H,2,11-14H2,1H3. The van der Waals surface area contributed by atoms with Crippen LogP contribution >= 0.6 is 0 Å². The predicted molar refractivity (Wildman–Crippen MR) is 92.0 cm³/mol. The molecule has 1 fully saturated rings. The minimum atomic E-state index is 0.0876. The largest absolute Gasteiger partial charge is 0.506 e. The Kier molecular flexibility index (Phi) is 4.51. The Bertz CT molecular complexity index is 674. The summed E-state index contributed by atoms with van der Waals surface area (Å²) in [6.07, 6.45) is 0.980. The minimum Gasteiger partial charge on any atom is -0.506 e. The molecule has 0 bridgehead atoms. The van der Waals surface area contributed by atoms with E-state index in [2.05, 4.69) is 11.8 Å². The zero-order valence-electron chi connectivity index (χ0n) is 13.4. The number of carbonyl (C=O) groups is 1. The summed E-state index contributed by atoms with van der Waals surface area (Å²) < 4.78 is 0. The van der Waals surface area contributed by atoms with Gasteiger partial charge in [0.05, 0.1) is 5.69 Å². The maximum absolute atomic E-state index is 12.6. The summed E-state index contributed by atoms with van der Waals surface area (Å²) in [5, 5.41) is 9.94. The number of nitrogens with zero attached hydrogens (tertiary/aromatic N) is 2. The van der Waals surface area contributed by atoms with Gasteiger partial charge in [0.1, 0.15) is 5.75 Å². The number of rotatable bonds is 3. The van der Waals surface area contributed by atoms with Gasteiger partial charge >= 0.3 is 0 Å². The summed E-state index contributed by atoms with van der Waals surface area (Å²) in [5.74, 6) is 0.381. The van der Waals surface area contributed by atoms with Crippen molar-refractivity contribution in [2.24, 2.45) is 0 Å². The van der Waals surface area contributed by atoms with Crippen molar-refractivity contribution in [1.29, 1.82) is 0 Å². The Morgan fingerprint density at radius 2 is 1.65 bits per heavy atom. The van der Waals surface area contributed by atoms with E-state index in [9.17, 15) is 9.90 Å². The van der Waals surface area contributed by atoms with Crippen molar-refractivity contribution in [3.8, 4) is 5.75 Å². The van der Waals surface area contributed by atoms with Crippen LogP contribution in [0.3, 0.4) is 0 Å². The van der Waals surface area contributed by atoms with Crippen LogP contribution in [0, 0.1) is 0 Å². The third-order valence-corrected chi connectivity index (χ3v) is 4.40. The second kappa shape index (κ2) is 6.73. The molecule has 4 nitrogen and oxygen atoms in total. The van der Waals surface area contributed by atoms with Crippen LogP contribution in [-0.2, 0) is 6.42 Å². The van der Waals surface area contributed by atoms with Crippen LogP contribution in [0.1, 0.15) is 22.8 Å². The van der Waals surface area contributed by atoms with Crippen molar-refractivity contribution >= 4 is 11.6 Å². The summed E-state index contributed by atoms with van der Waals surface area (Å²) in [6, 6.07) is 15.2. The molecular weight excluding hydrogens is 288 g/mol. The number of benzene rings is 2. The molecule has 4 heteroatoms. The van der Waals surface area contributed by atoms with Crippen LogP contribution in [-0.4, -0.2) is 42.1 Å². The highest BCUT2D eigenvalue weighted by molar-refractivity contribution is 5.94. The van der Waals surface area contributed by atoms with Gasteiger partial charge in [0, 0.05) is 31.7 Å². The molecule has 2 aromatic carbocycles. The summed E-state index contributed by atoms with van der Waals surface area (Å²) in [4.78, 5) is 16.6. The molecule has 0 radical (unpaired) electrons. The van der Waals surface area contributed by atoms with Crippen LogP contribution in [0.2, 0.25) is 0 Å². The molecule has 1 heterocycles. The van der Waals surface area contributed by atoms with E-state index in [0.717, 1.165) is 30.8 Å². The van der Waals surface area contributed by atoms with Gasteiger partial charge in [-0.2, -0.15) is 0 Å². The minimum absolute atomic E-state index is 0.0876. The molecule has 0 aromatic heterocycles. The Hall–Kier alpha value is -2.49. The third-order valence-electron chi connectivity index (χ3n) is 4.40. The summed E-state index contributed by atoms with van der Waals surface area (Å²) in [6.45, 7) is 4.91. The van der Waals surface area contributed by atoms with E-state index in [1.165, 1.54) is 5.56 Å². The molecular formula is C19H22N2O2. The Morgan fingerprint density at radius 3 is 2.26 bits per heavy atom. The lowest BCUT2D eigenvalue weighted by atomic mass is 10.1. The Morgan fingerprint density at radius 1 is 1.00 bits per heavy atom. The van der Waals surface area contributed by atoms with Crippen molar-refractivity contribution < 1.29 is 9.90 Å². The lowest BCUT2D eigenvalue weighted by Crippen LogP contribution is -2.48. The Balaban J connectivity index is 1.64. The molecule has 0 saturated carbocycles. The lowest BCUT2D eigenvalue weighted by Gasteiger charge is -2.36. The van der Waals surface area contributed by atoms with Crippen LogP contribution in [0.5, 0.6) is 5.75 Å². The summed E-state index contributed by atoms with van der Waals surface area (Å²) in [7, 11) is 0. The van der Waals surface area contributed by atoms with Gasteiger partial charge < -0.3 is 14.9 Å². The van der Waals surface area contributed by atoms with Crippen molar-refractivity contribution in [3.05, 3.63) is 59.7 Å². The molecule has 1 amide bonds. The number of aromatic hydroxyl groups is 1. The van der Waals surface area contributed by atoms with Gasteiger partial charge in [0.25, 0.3) is 5.91 Å². The summed E-state index contributed by atoms with van der Waals surface area (Å²) >= 11 is 0. The number of phenols is 1. The van der Waals surface area contributed by atoms with E-state index in [4.69, 9.17) is 0 Å². The SMILES string of the molecule is CCc1ccc(C(=O)N2CCN(c3ccccc3O)CC2)cc1. The van der Waals surface area contributed by atoms with Crippen LogP contribution < -0.4 is 4.90 Å². The molecule has 1 aliphatic rings. The maximum atomic E-state index is 12.6. The van der Waals surface area contributed by atoms with E-state index in [0.29, 0.717) is 18.8 Å². The van der Waals surface area contributed by atoms with Crippen molar-refractivity contribution in [1.82, 2.24) is 4.90 Å². The maximum Gasteiger partial charge on any atom is 0.253 e. The first-order chi connectivity index (χ1) is 11.2. The Labute approximate surface area is 137 Å². The highest BCUT2D eigenvalue weighted by Gasteiger charge is 2.23. The molecule has 0 spiro atoms. The first-order valence-electron chi connectivity index (χ1n) is 8.10. The molecule has 2 aromatic rings. The van der Waals surface area contributed by atoms with E-state index in [-0.39, 0.29) is 5.91 Å². The highest BCUT2D eigenvalue weighted by atomic mass is 16.3. The first kappa shape index (κ1) is 15.4. The number of carbonyl (C=O) groups excluding carboxylic acids is 1. The van der Waals surface area contributed by atoms with Gasteiger partial charge in [-0.3, -0.25) is 4.79 Å². The smallest absolute Gasteiger partial charge is 0.253 e. The quantitative estimate of drug-likeness (QED) is 0.948. The molecule has 120 valence electrons. The van der Waals surface area contributed by atoms with Gasteiger partial charge in [-0.1, -0.05) is 31.2 Å². The molecule has 23 heavy (non-hydrogen) atoms. The zero-order chi connectivity index (χ0) is 16.2. The zero-order valence-corrected chi connectivity index (χ0v) is 13.4. The van der Waals surface area contributed by atoms with Crippen molar-refractivity contribution in [3.63, 3.8) is 0 Å². The molecule has 0 atom stereocenters. The molecule has 3 rings (SSSR count). The normalized spacial score (nSPS) is 14.8. The average Bonchev–Trinajstić information content (AvgIpc) is 2.62.